The molecule has 0 aliphatic rings. The fourth-order valence-corrected chi connectivity index (χ4v) is 6.39. The summed E-state index contributed by atoms with van der Waals surface area (Å²) in [6.07, 6.45) is 7.55. The molecule has 0 heterocycles. The monoisotopic (exact) mass is 538 g/mol. The lowest BCUT2D eigenvalue weighted by atomic mass is 9.82. The molecule has 0 saturated heterocycles. The molecule has 0 N–H and O–H groups in total. The van der Waals surface area contributed by atoms with Gasteiger partial charge in [-0.05, 0) is 91.4 Å². The zero-order chi connectivity index (χ0) is 28.1. The van der Waals surface area contributed by atoms with Crippen LogP contribution in [0.3, 0.4) is 0 Å². The maximum atomic E-state index is 2.51. The SMILES string of the molecule is C(=C\c1ccc(CC(CCc2ccccc2)c2cc3c4ccccc4ccc3c3ccccc23)cc1)/c1ccccc1. The second-order valence-electron chi connectivity index (χ2n) is 11.3. The number of hydrogen-bond acceptors (Lipinski definition) is 0. The number of rotatable bonds is 8. The van der Waals surface area contributed by atoms with Gasteiger partial charge in [0, 0.05) is 0 Å². The summed E-state index contributed by atoms with van der Waals surface area (Å²) in [4.78, 5) is 0. The lowest BCUT2D eigenvalue weighted by Crippen LogP contribution is -2.06. The predicted molar refractivity (Wildman–Crippen MR) is 182 cm³/mol. The van der Waals surface area contributed by atoms with E-state index in [1.54, 1.807) is 0 Å². The van der Waals surface area contributed by atoms with Gasteiger partial charge in [-0.3, -0.25) is 0 Å². The molecule has 0 heteroatoms. The van der Waals surface area contributed by atoms with Gasteiger partial charge in [0.25, 0.3) is 0 Å². The van der Waals surface area contributed by atoms with Crippen LogP contribution in [0.2, 0.25) is 0 Å². The van der Waals surface area contributed by atoms with E-state index < -0.39 is 0 Å². The standard InChI is InChI=1S/C42H34/c1-3-11-31(12-4-1)19-20-33-21-23-34(24-22-33)29-36(26-25-32-13-5-2-6-14-32)41-30-42-37-16-8-7-15-35(37)27-28-40(42)38-17-9-10-18-39(38)41/h1-24,27-28,30,36H,25-26,29H2/b20-19+. The molecule has 42 heavy (non-hydrogen) atoms. The summed E-state index contributed by atoms with van der Waals surface area (Å²) in [6.45, 7) is 0. The Bertz CT molecular complexity index is 1980. The van der Waals surface area contributed by atoms with Crippen LogP contribution in [-0.4, -0.2) is 0 Å². The molecule has 0 bridgehead atoms. The maximum Gasteiger partial charge on any atom is -0.00961 e. The highest BCUT2D eigenvalue weighted by Gasteiger charge is 2.18. The summed E-state index contributed by atoms with van der Waals surface area (Å²) in [6, 6.07) is 55.5. The first-order chi connectivity index (χ1) is 20.8. The summed E-state index contributed by atoms with van der Waals surface area (Å²) >= 11 is 0. The van der Waals surface area contributed by atoms with Crippen LogP contribution in [-0.2, 0) is 12.8 Å². The topological polar surface area (TPSA) is 0 Å². The van der Waals surface area contributed by atoms with Crippen molar-refractivity contribution in [3.8, 4) is 0 Å². The van der Waals surface area contributed by atoms with E-state index in [0.29, 0.717) is 5.92 Å². The van der Waals surface area contributed by atoms with E-state index in [4.69, 9.17) is 0 Å². The maximum absolute atomic E-state index is 2.51. The highest BCUT2D eigenvalue weighted by molar-refractivity contribution is 6.18. The van der Waals surface area contributed by atoms with Gasteiger partial charge in [0.15, 0.2) is 0 Å². The van der Waals surface area contributed by atoms with E-state index in [-0.39, 0.29) is 0 Å². The van der Waals surface area contributed by atoms with Crippen LogP contribution in [0, 0.1) is 0 Å². The average molecular weight is 539 g/mol. The Morgan fingerprint density at radius 1 is 0.429 bits per heavy atom. The van der Waals surface area contributed by atoms with E-state index in [2.05, 4.69) is 164 Å². The first kappa shape index (κ1) is 26.0. The molecule has 0 aromatic heterocycles. The fourth-order valence-electron chi connectivity index (χ4n) is 6.39. The van der Waals surface area contributed by atoms with Gasteiger partial charge in [0.05, 0.1) is 0 Å². The first-order valence-corrected chi connectivity index (χ1v) is 15.0. The van der Waals surface area contributed by atoms with E-state index in [1.807, 2.05) is 0 Å². The Kier molecular flexibility index (Phi) is 7.36. The molecule has 7 rings (SSSR count). The zero-order valence-electron chi connectivity index (χ0n) is 23.8. The summed E-state index contributed by atoms with van der Waals surface area (Å²) in [5.41, 5.74) is 6.69. The van der Waals surface area contributed by atoms with Gasteiger partial charge in [-0.25, -0.2) is 0 Å². The van der Waals surface area contributed by atoms with Crippen molar-refractivity contribution in [2.45, 2.75) is 25.2 Å². The van der Waals surface area contributed by atoms with Gasteiger partial charge >= 0.3 is 0 Å². The van der Waals surface area contributed by atoms with Crippen LogP contribution in [0.4, 0.5) is 0 Å². The van der Waals surface area contributed by atoms with E-state index in [9.17, 15) is 0 Å². The summed E-state index contributed by atoms with van der Waals surface area (Å²) < 4.78 is 0. The largest absolute Gasteiger partial charge is 0.0622 e. The molecule has 0 fully saturated rings. The molecule has 0 aliphatic carbocycles. The van der Waals surface area contributed by atoms with Crippen LogP contribution in [0.15, 0.2) is 152 Å². The van der Waals surface area contributed by atoms with Crippen molar-refractivity contribution in [3.63, 3.8) is 0 Å². The predicted octanol–water partition coefficient (Wildman–Crippen LogP) is 11.3. The smallest absolute Gasteiger partial charge is 0.00961 e. The van der Waals surface area contributed by atoms with E-state index >= 15 is 0 Å². The van der Waals surface area contributed by atoms with Crippen molar-refractivity contribution in [2.24, 2.45) is 0 Å². The van der Waals surface area contributed by atoms with Crippen molar-refractivity contribution in [3.05, 3.63) is 179 Å². The molecule has 7 aromatic rings. The van der Waals surface area contributed by atoms with Gasteiger partial charge in [0.1, 0.15) is 0 Å². The molecule has 1 atom stereocenters. The molecular formula is C42H34. The third kappa shape index (κ3) is 5.49. The highest BCUT2D eigenvalue weighted by Crippen LogP contribution is 2.39. The van der Waals surface area contributed by atoms with Crippen LogP contribution >= 0.6 is 0 Å². The van der Waals surface area contributed by atoms with Crippen LogP contribution in [0.1, 0.15) is 40.2 Å². The lowest BCUT2D eigenvalue weighted by Gasteiger charge is -2.22. The second kappa shape index (κ2) is 11.9. The first-order valence-electron chi connectivity index (χ1n) is 15.0. The Balaban J connectivity index is 1.29. The molecule has 7 aromatic carbocycles. The summed E-state index contributed by atoms with van der Waals surface area (Å²) in [7, 11) is 0. The number of benzene rings is 7. The van der Waals surface area contributed by atoms with Crippen molar-refractivity contribution in [2.75, 3.05) is 0 Å². The van der Waals surface area contributed by atoms with Gasteiger partial charge in [0.2, 0.25) is 0 Å². The molecule has 0 spiro atoms. The number of aryl methyl sites for hydroxylation is 1. The quantitative estimate of drug-likeness (QED) is 0.133. The minimum Gasteiger partial charge on any atom is -0.0622 e. The number of fused-ring (bicyclic) bond motifs is 5. The molecule has 0 radical (unpaired) electrons. The Labute approximate surface area is 248 Å². The van der Waals surface area contributed by atoms with Crippen molar-refractivity contribution in [1.29, 1.82) is 0 Å². The van der Waals surface area contributed by atoms with E-state index in [0.717, 1.165) is 19.3 Å². The fraction of sp³-hybridized carbons (Fsp3) is 0.0952. The minimum atomic E-state index is 0.393. The molecule has 0 amide bonds. The summed E-state index contributed by atoms with van der Waals surface area (Å²) in [5, 5.41) is 8.05. The van der Waals surface area contributed by atoms with Crippen LogP contribution in [0.5, 0.6) is 0 Å². The van der Waals surface area contributed by atoms with Crippen LogP contribution < -0.4 is 0 Å². The molecule has 0 aliphatic heterocycles. The number of hydrogen-bond donors (Lipinski definition) is 0. The van der Waals surface area contributed by atoms with Crippen LogP contribution in [0.25, 0.3) is 44.5 Å². The molecule has 202 valence electrons. The van der Waals surface area contributed by atoms with Crippen molar-refractivity contribution >= 4 is 44.5 Å². The third-order valence-electron chi connectivity index (χ3n) is 8.59. The normalized spacial score (nSPS) is 12.4. The van der Waals surface area contributed by atoms with Gasteiger partial charge in [-0.1, -0.05) is 158 Å². The molecule has 0 saturated carbocycles. The Morgan fingerprint density at radius 2 is 1.02 bits per heavy atom. The summed E-state index contributed by atoms with van der Waals surface area (Å²) in [5.74, 6) is 0.393. The minimum absolute atomic E-state index is 0.393. The zero-order valence-corrected chi connectivity index (χ0v) is 23.8. The molecule has 1 unspecified atom stereocenters. The highest BCUT2D eigenvalue weighted by atomic mass is 14.2. The van der Waals surface area contributed by atoms with Crippen molar-refractivity contribution in [1.82, 2.24) is 0 Å². The van der Waals surface area contributed by atoms with E-state index in [1.165, 1.54) is 60.1 Å². The molecular weight excluding hydrogens is 504 g/mol. The Hall–Kier alpha value is -4.94. The van der Waals surface area contributed by atoms with Gasteiger partial charge in [-0.15, -0.1) is 0 Å². The van der Waals surface area contributed by atoms with Gasteiger partial charge < -0.3 is 0 Å². The molecule has 0 nitrogen and oxygen atoms in total. The van der Waals surface area contributed by atoms with Crippen molar-refractivity contribution < 1.29 is 0 Å². The average Bonchev–Trinajstić information content (AvgIpc) is 3.06. The third-order valence-corrected chi connectivity index (χ3v) is 8.59. The lowest BCUT2D eigenvalue weighted by molar-refractivity contribution is 0.626. The second-order valence-corrected chi connectivity index (χ2v) is 11.3. The Morgan fingerprint density at radius 3 is 1.79 bits per heavy atom. The van der Waals surface area contributed by atoms with Gasteiger partial charge in [-0.2, -0.15) is 0 Å².